The van der Waals surface area contributed by atoms with Crippen molar-refractivity contribution in [1.82, 2.24) is 9.55 Å². The van der Waals surface area contributed by atoms with Crippen molar-refractivity contribution in [2.24, 2.45) is 5.41 Å². The van der Waals surface area contributed by atoms with Crippen LogP contribution in [0.2, 0.25) is 0 Å². The lowest BCUT2D eigenvalue weighted by molar-refractivity contribution is 0.270. The third kappa shape index (κ3) is 2.11. The van der Waals surface area contributed by atoms with Gasteiger partial charge in [-0.25, -0.2) is 9.37 Å². The lowest BCUT2D eigenvalue weighted by atomic mass is 9.88. The van der Waals surface area contributed by atoms with Crippen LogP contribution in [0.1, 0.15) is 33.7 Å². The molecule has 18 heavy (non-hydrogen) atoms. The molecule has 3 nitrogen and oxygen atoms in total. The van der Waals surface area contributed by atoms with Crippen molar-refractivity contribution >= 4 is 32.9 Å². The molecule has 0 fully saturated rings. The molecule has 0 bridgehead atoms. The summed E-state index contributed by atoms with van der Waals surface area (Å²) in [7, 11) is 0. The number of hydrogen-bond acceptors (Lipinski definition) is 2. The van der Waals surface area contributed by atoms with Crippen molar-refractivity contribution in [3.63, 3.8) is 0 Å². The van der Waals surface area contributed by atoms with Gasteiger partial charge in [0.15, 0.2) is 0 Å². The molecule has 0 aliphatic carbocycles. The zero-order valence-electron chi connectivity index (χ0n) is 11.0. The van der Waals surface area contributed by atoms with Gasteiger partial charge in [0.25, 0.3) is 0 Å². The quantitative estimate of drug-likeness (QED) is 0.860. The maximum absolute atomic E-state index is 13.7. The van der Waals surface area contributed by atoms with E-state index in [0.29, 0.717) is 15.9 Å². The Bertz CT molecular complexity index is 598. The normalized spacial score (nSPS) is 14.1. The number of anilines is 1. The predicted molar refractivity (Wildman–Crippen MR) is 76.0 cm³/mol. The average Bonchev–Trinajstić information content (AvgIpc) is 2.52. The standard InChI is InChI=1S/C13H17BrFN3/c1-7(13(2,3)4)18-11-6-9(15)8(14)5-10(11)17-12(18)16/h5-7H,1-4H3,(H2,16,17). The van der Waals surface area contributed by atoms with Gasteiger partial charge in [0.05, 0.1) is 15.5 Å². The molecule has 0 amide bonds. The van der Waals surface area contributed by atoms with Crippen LogP contribution < -0.4 is 5.73 Å². The van der Waals surface area contributed by atoms with Gasteiger partial charge >= 0.3 is 0 Å². The van der Waals surface area contributed by atoms with E-state index in [1.54, 1.807) is 6.07 Å². The van der Waals surface area contributed by atoms with Crippen LogP contribution in [0, 0.1) is 11.2 Å². The molecule has 0 saturated heterocycles. The van der Waals surface area contributed by atoms with Crippen molar-refractivity contribution < 1.29 is 4.39 Å². The van der Waals surface area contributed by atoms with Crippen LogP contribution in [0.4, 0.5) is 10.3 Å². The zero-order valence-corrected chi connectivity index (χ0v) is 12.5. The topological polar surface area (TPSA) is 43.8 Å². The minimum atomic E-state index is -0.301. The molecule has 1 aromatic heterocycles. The molecule has 0 spiro atoms. The second kappa shape index (κ2) is 4.23. The highest BCUT2D eigenvalue weighted by Crippen LogP contribution is 2.35. The first-order chi connectivity index (χ1) is 8.21. The van der Waals surface area contributed by atoms with Gasteiger partial charge in [0.2, 0.25) is 5.95 Å². The van der Waals surface area contributed by atoms with E-state index in [2.05, 4.69) is 48.6 Å². The van der Waals surface area contributed by atoms with Crippen molar-refractivity contribution in [3.8, 4) is 0 Å². The van der Waals surface area contributed by atoms with E-state index < -0.39 is 0 Å². The lowest BCUT2D eigenvalue weighted by Crippen LogP contribution is -2.22. The number of rotatable bonds is 1. The molecule has 2 aromatic rings. The number of nitrogens with zero attached hydrogens (tertiary/aromatic N) is 2. The van der Waals surface area contributed by atoms with Crippen LogP contribution in [0.15, 0.2) is 16.6 Å². The molecule has 1 heterocycles. The molecule has 0 aliphatic heterocycles. The van der Waals surface area contributed by atoms with Crippen LogP contribution in [-0.2, 0) is 0 Å². The summed E-state index contributed by atoms with van der Waals surface area (Å²) in [4.78, 5) is 4.29. The van der Waals surface area contributed by atoms with Crippen molar-refractivity contribution in [1.29, 1.82) is 0 Å². The Hall–Kier alpha value is -1.10. The van der Waals surface area contributed by atoms with E-state index in [-0.39, 0.29) is 17.3 Å². The maximum Gasteiger partial charge on any atom is 0.201 e. The predicted octanol–water partition coefficient (Wildman–Crippen LogP) is 4.13. The Labute approximate surface area is 114 Å². The number of aromatic nitrogens is 2. The Morgan fingerprint density at radius 2 is 2.00 bits per heavy atom. The van der Waals surface area contributed by atoms with Crippen molar-refractivity contribution in [2.45, 2.75) is 33.7 Å². The molecule has 0 aliphatic rings. The number of imidazole rings is 1. The van der Waals surface area contributed by atoms with E-state index in [4.69, 9.17) is 5.73 Å². The molecule has 1 unspecified atom stereocenters. The highest BCUT2D eigenvalue weighted by molar-refractivity contribution is 9.10. The van der Waals surface area contributed by atoms with Gasteiger partial charge in [-0.1, -0.05) is 20.8 Å². The SMILES string of the molecule is CC(n1c(N)nc2cc(Br)c(F)cc21)C(C)(C)C. The minimum Gasteiger partial charge on any atom is -0.369 e. The fourth-order valence-electron chi connectivity index (χ4n) is 1.90. The number of hydrogen-bond donors (Lipinski definition) is 1. The molecule has 1 atom stereocenters. The van der Waals surface area contributed by atoms with E-state index >= 15 is 0 Å². The fraction of sp³-hybridized carbons (Fsp3) is 0.462. The zero-order chi connectivity index (χ0) is 13.7. The molecule has 0 radical (unpaired) electrons. The van der Waals surface area contributed by atoms with Gasteiger partial charge in [-0.3, -0.25) is 0 Å². The summed E-state index contributed by atoms with van der Waals surface area (Å²) in [6, 6.07) is 3.26. The van der Waals surface area contributed by atoms with Crippen LogP contribution in [0.3, 0.4) is 0 Å². The average molecular weight is 314 g/mol. The maximum atomic E-state index is 13.7. The van der Waals surface area contributed by atoms with E-state index in [1.165, 1.54) is 6.07 Å². The number of benzene rings is 1. The van der Waals surface area contributed by atoms with E-state index in [9.17, 15) is 4.39 Å². The highest BCUT2D eigenvalue weighted by Gasteiger charge is 2.25. The fourth-order valence-corrected chi connectivity index (χ4v) is 2.23. The second-order valence-electron chi connectivity index (χ2n) is 5.64. The Morgan fingerprint density at radius 1 is 1.39 bits per heavy atom. The van der Waals surface area contributed by atoms with Gasteiger partial charge in [-0.05, 0) is 34.3 Å². The van der Waals surface area contributed by atoms with E-state index in [0.717, 1.165) is 5.52 Å². The summed E-state index contributed by atoms with van der Waals surface area (Å²) in [6.07, 6.45) is 0. The largest absolute Gasteiger partial charge is 0.369 e. The van der Waals surface area contributed by atoms with E-state index in [1.807, 2.05) is 4.57 Å². The Kier molecular flexibility index (Phi) is 3.13. The first kappa shape index (κ1) is 13.3. The summed E-state index contributed by atoms with van der Waals surface area (Å²) in [5, 5.41) is 0. The molecule has 98 valence electrons. The number of halogens is 2. The van der Waals surface area contributed by atoms with Gasteiger partial charge < -0.3 is 10.3 Å². The molecule has 2 rings (SSSR count). The van der Waals surface area contributed by atoms with Crippen molar-refractivity contribution in [2.75, 3.05) is 5.73 Å². The Balaban J connectivity index is 2.71. The molecule has 1 aromatic carbocycles. The summed E-state index contributed by atoms with van der Waals surface area (Å²) >= 11 is 3.16. The van der Waals surface area contributed by atoms with Crippen molar-refractivity contribution in [3.05, 3.63) is 22.4 Å². The summed E-state index contributed by atoms with van der Waals surface area (Å²) < 4.78 is 16.0. The van der Waals surface area contributed by atoms with Gasteiger partial charge in [-0.2, -0.15) is 0 Å². The second-order valence-corrected chi connectivity index (χ2v) is 6.49. The van der Waals surface area contributed by atoms with Crippen LogP contribution in [0.25, 0.3) is 11.0 Å². The van der Waals surface area contributed by atoms with Gasteiger partial charge in [0.1, 0.15) is 5.82 Å². The smallest absolute Gasteiger partial charge is 0.201 e. The summed E-state index contributed by atoms with van der Waals surface area (Å²) in [5.41, 5.74) is 7.42. The summed E-state index contributed by atoms with van der Waals surface area (Å²) in [6.45, 7) is 8.44. The van der Waals surface area contributed by atoms with Crippen LogP contribution in [-0.4, -0.2) is 9.55 Å². The van der Waals surface area contributed by atoms with Crippen LogP contribution >= 0.6 is 15.9 Å². The third-order valence-corrected chi connectivity index (χ3v) is 4.01. The van der Waals surface area contributed by atoms with Gasteiger partial charge in [0, 0.05) is 12.1 Å². The third-order valence-electron chi connectivity index (χ3n) is 3.40. The molecular weight excluding hydrogens is 297 g/mol. The monoisotopic (exact) mass is 313 g/mol. The first-order valence-electron chi connectivity index (χ1n) is 5.84. The first-order valence-corrected chi connectivity index (χ1v) is 6.63. The van der Waals surface area contributed by atoms with Gasteiger partial charge in [-0.15, -0.1) is 0 Å². The molecule has 5 heteroatoms. The Morgan fingerprint density at radius 3 is 2.56 bits per heavy atom. The molecular formula is C13H17BrFN3. The van der Waals surface area contributed by atoms with Crippen LogP contribution in [0.5, 0.6) is 0 Å². The number of nitrogens with two attached hydrogens (primary N) is 1. The lowest BCUT2D eigenvalue weighted by Gasteiger charge is -2.29. The highest BCUT2D eigenvalue weighted by atomic mass is 79.9. The minimum absolute atomic E-state index is 0.0191. The summed E-state index contributed by atoms with van der Waals surface area (Å²) in [5.74, 6) is 0.120. The molecule has 0 saturated carbocycles. The number of fused-ring (bicyclic) bond motifs is 1. The number of nitrogen functional groups attached to an aromatic ring is 1. The molecule has 2 N–H and O–H groups in total.